The van der Waals surface area contributed by atoms with Gasteiger partial charge in [-0.15, -0.1) is 0 Å². The molecule has 4 nitrogen and oxygen atoms in total. The summed E-state index contributed by atoms with van der Waals surface area (Å²) in [5.41, 5.74) is 4.47. The third-order valence-electron chi connectivity index (χ3n) is 4.96. The number of para-hydroxylation sites is 1. The van der Waals surface area contributed by atoms with Crippen molar-refractivity contribution in [3.63, 3.8) is 0 Å². The van der Waals surface area contributed by atoms with Gasteiger partial charge in [0.1, 0.15) is 11.5 Å². The van der Waals surface area contributed by atoms with Crippen LogP contribution in [0.3, 0.4) is 0 Å². The number of unbranched alkanes of at least 4 members (excludes halogenated alkanes) is 1. The zero-order valence-corrected chi connectivity index (χ0v) is 17.1. The monoisotopic (exact) mass is 378 g/mol. The Hall–Kier alpha value is -2.59. The molecule has 1 heterocycles. The van der Waals surface area contributed by atoms with Gasteiger partial charge in [-0.3, -0.25) is 4.98 Å². The van der Waals surface area contributed by atoms with E-state index < -0.39 is 0 Å². The molecule has 28 heavy (non-hydrogen) atoms. The van der Waals surface area contributed by atoms with Crippen LogP contribution in [0.2, 0.25) is 0 Å². The average Bonchev–Trinajstić information content (AvgIpc) is 2.73. The Bertz CT molecular complexity index is 891. The van der Waals surface area contributed by atoms with Gasteiger partial charge in [0.05, 0.1) is 24.9 Å². The van der Waals surface area contributed by atoms with Crippen LogP contribution in [0.4, 0.5) is 0 Å². The maximum Gasteiger partial charge on any atom is 0.133 e. The number of benzene rings is 2. The minimum absolute atomic E-state index is 0.733. The van der Waals surface area contributed by atoms with Crippen LogP contribution in [0, 0.1) is 6.92 Å². The predicted molar refractivity (Wildman–Crippen MR) is 115 cm³/mol. The summed E-state index contributed by atoms with van der Waals surface area (Å²) in [4.78, 5) is 4.87. The van der Waals surface area contributed by atoms with Crippen molar-refractivity contribution in [2.24, 2.45) is 0 Å². The summed E-state index contributed by atoms with van der Waals surface area (Å²) in [5, 5.41) is 4.62. The average molecular weight is 379 g/mol. The van der Waals surface area contributed by atoms with Gasteiger partial charge in [0.2, 0.25) is 0 Å². The summed E-state index contributed by atoms with van der Waals surface area (Å²) >= 11 is 0. The van der Waals surface area contributed by atoms with E-state index in [1.54, 1.807) is 7.11 Å². The fourth-order valence-corrected chi connectivity index (χ4v) is 3.23. The molecule has 0 aliphatic carbocycles. The number of hydrogen-bond donors (Lipinski definition) is 1. The van der Waals surface area contributed by atoms with Gasteiger partial charge in [-0.25, -0.2) is 0 Å². The molecule has 0 aliphatic heterocycles. The highest BCUT2D eigenvalue weighted by atomic mass is 16.5. The number of methoxy groups -OCH3 is 1. The topological polar surface area (TPSA) is 43.4 Å². The molecule has 3 rings (SSSR count). The van der Waals surface area contributed by atoms with Crippen molar-refractivity contribution in [1.82, 2.24) is 10.3 Å². The second kappa shape index (κ2) is 10.1. The summed E-state index contributed by atoms with van der Waals surface area (Å²) in [7, 11) is 1.69. The molecular formula is C24H30N2O2. The van der Waals surface area contributed by atoms with Gasteiger partial charge in [-0.1, -0.05) is 37.6 Å². The molecule has 1 aromatic heterocycles. The normalized spacial score (nSPS) is 11.0. The van der Waals surface area contributed by atoms with Crippen LogP contribution in [0.1, 0.15) is 36.6 Å². The van der Waals surface area contributed by atoms with Gasteiger partial charge in [0.25, 0.3) is 0 Å². The van der Waals surface area contributed by atoms with E-state index in [9.17, 15) is 0 Å². The molecule has 0 fully saturated rings. The van der Waals surface area contributed by atoms with Crippen LogP contribution in [0.25, 0.3) is 10.9 Å². The summed E-state index contributed by atoms with van der Waals surface area (Å²) < 4.78 is 11.4. The van der Waals surface area contributed by atoms with Crippen LogP contribution in [-0.2, 0) is 13.0 Å². The van der Waals surface area contributed by atoms with E-state index in [1.807, 2.05) is 24.3 Å². The minimum Gasteiger partial charge on any atom is -0.497 e. The molecule has 0 saturated heterocycles. The number of nitrogens with zero attached hydrogens (tertiary/aromatic N) is 1. The van der Waals surface area contributed by atoms with Crippen molar-refractivity contribution in [2.45, 2.75) is 39.7 Å². The molecule has 0 unspecified atom stereocenters. The second-order valence-electron chi connectivity index (χ2n) is 7.01. The van der Waals surface area contributed by atoms with Gasteiger partial charge in [0.15, 0.2) is 0 Å². The Morgan fingerprint density at radius 2 is 1.82 bits per heavy atom. The first kappa shape index (κ1) is 20.2. The van der Waals surface area contributed by atoms with Crippen molar-refractivity contribution in [3.05, 3.63) is 65.4 Å². The lowest BCUT2D eigenvalue weighted by Gasteiger charge is -2.16. The van der Waals surface area contributed by atoms with Gasteiger partial charge < -0.3 is 14.8 Å². The van der Waals surface area contributed by atoms with Crippen molar-refractivity contribution >= 4 is 10.9 Å². The van der Waals surface area contributed by atoms with Crippen LogP contribution in [0.5, 0.6) is 11.5 Å². The Labute approximate surface area is 167 Å². The molecule has 4 heteroatoms. The lowest BCUT2D eigenvalue weighted by molar-refractivity contribution is 0.310. The molecule has 0 saturated carbocycles. The van der Waals surface area contributed by atoms with Crippen molar-refractivity contribution < 1.29 is 9.47 Å². The third kappa shape index (κ3) is 5.02. The first-order valence-corrected chi connectivity index (χ1v) is 10.1. The number of hydrogen-bond acceptors (Lipinski definition) is 4. The molecule has 2 aromatic carbocycles. The molecule has 0 aliphatic rings. The molecule has 0 radical (unpaired) electrons. The minimum atomic E-state index is 0.733. The molecule has 1 N–H and O–H groups in total. The molecule has 148 valence electrons. The van der Waals surface area contributed by atoms with E-state index in [2.05, 4.69) is 43.4 Å². The Kier molecular flexibility index (Phi) is 7.26. The SMILES string of the molecule is CCCCOc1c(C)c(CNCCc2ccc(OC)cc2)nc2ccccc12. The van der Waals surface area contributed by atoms with Crippen LogP contribution in [-0.4, -0.2) is 25.2 Å². The first-order valence-electron chi connectivity index (χ1n) is 10.1. The maximum atomic E-state index is 6.15. The third-order valence-corrected chi connectivity index (χ3v) is 4.96. The van der Waals surface area contributed by atoms with Gasteiger partial charge in [-0.05, 0) is 56.1 Å². The molecule has 0 amide bonds. The van der Waals surface area contributed by atoms with Crippen LogP contribution in [0.15, 0.2) is 48.5 Å². The zero-order valence-electron chi connectivity index (χ0n) is 17.1. The quantitative estimate of drug-likeness (QED) is 0.501. The zero-order chi connectivity index (χ0) is 19.8. The number of aromatic nitrogens is 1. The second-order valence-corrected chi connectivity index (χ2v) is 7.01. The highest BCUT2D eigenvalue weighted by molar-refractivity contribution is 5.86. The Morgan fingerprint density at radius 1 is 1.04 bits per heavy atom. The molecule has 0 bridgehead atoms. The predicted octanol–water partition coefficient (Wildman–Crippen LogP) is 5.06. The standard InChI is InChI=1S/C24H30N2O2/c1-4-5-16-28-24-18(2)23(26-22-9-7-6-8-21(22)24)17-25-15-14-19-10-12-20(27-3)13-11-19/h6-13,25H,4-5,14-17H2,1-3H3. The Balaban J connectivity index is 1.67. The summed E-state index contributed by atoms with van der Waals surface area (Å²) in [6.07, 6.45) is 3.16. The fraction of sp³-hybridized carbons (Fsp3) is 0.375. The van der Waals surface area contributed by atoms with E-state index in [-0.39, 0.29) is 0 Å². The molecule has 3 aromatic rings. The lowest BCUT2D eigenvalue weighted by atomic mass is 10.1. The van der Waals surface area contributed by atoms with Gasteiger partial charge in [-0.2, -0.15) is 0 Å². The number of pyridine rings is 1. The van der Waals surface area contributed by atoms with Crippen molar-refractivity contribution in [1.29, 1.82) is 0 Å². The molecular weight excluding hydrogens is 348 g/mol. The number of fused-ring (bicyclic) bond motifs is 1. The van der Waals surface area contributed by atoms with Gasteiger partial charge >= 0.3 is 0 Å². The highest BCUT2D eigenvalue weighted by Gasteiger charge is 2.12. The van der Waals surface area contributed by atoms with Crippen LogP contribution >= 0.6 is 0 Å². The largest absolute Gasteiger partial charge is 0.497 e. The van der Waals surface area contributed by atoms with Crippen LogP contribution < -0.4 is 14.8 Å². The summed E-state index contributed by atoms with van der Waals surface area (Å²) in [5.74, 6) is 1.87. The van der Waals surface area contributed by atoms with E-state index in [4.69, 9.17) is 14.5 Å². The lowest BCUT2D eigenvalue weighted by Crippen LogP contribution is -2.18. The van der Waals surface area contributed by atoms with E-state index in [0.29, 0.717) is 0 Å². The van der Waals surface area contributed by atoms with E-state index in [1.165, 1.54) is 5.56 Å². The fourth-order valence-electron chi connectivity index (χ4n) is 3.23. The number of nitrogens with one attached hydrogen (secondary N) is 1. The Morgan fingerprint density at radius 3 is 2.57 bits per heavy atom. The molecule has 0 spiro atoms. The number of ether oxygens (including phenoxy) is 2. The summed E-state index contributed by atoms with van der Waals surface area (Å²) in [6.45, 7) is 6.67. The highest BCUT2D eigenvalue weighted by Crippen LogP contribution is 2.30. The van der Waals surface area contributed by atoms with E-state index in [0.717, 1.165) is 72.6 Å². The molecule has 0 atom stereocenters. The smallest absolute Gasteiger partial charge is 0.133 e. The van der Waals surface area contributed by atoms with E-state index >= 15 is 0 Å². The first-order chi connectivity index (χ1) is 13.7. The maximum absolute atomic E-state index is 6.15. The summed E-state index contributed by atoms with van der Waals surface area (Å²) in [6, 6.07) is 16.5. The van der Waals surface area contributed by atoms with Crippen molar-refractivity contribution in [3.8, 4) is 11.5 Å². The van der Waals surface area contributed by atoms with Crippen molar-refractivity contribution in [2.75, 3.05) is 20.3 Å². The number of rotatable bonds is 10. The van der Waals surface area contributed by atoms with Gasteiger partial charge in [0, 0.05) is 17.5 Å².